The fourth-order valence-electron chi connectivity index (χ4n) is 0.865. The monoisotopic (exact) mass is 138 g/mol. The summed E-state index contributed by atoms with van der Waals surface area (Å²) in [5.74, 6) is 4.65. The zero-order valence-electron chi connectivity index (χ0n) is 6.65. The lowest BCUT2D eigenvalue weighted by atomic mass is 10.2. The van der Waals surface area contributed by atoms with Gasteiger partial charge >= 0.3 is 0 Å². The standard InChI is InChI=1S/C6H9.2CH3.Al/c1-4-5-6(2)3;;;/h2,4H,1,5H2,3H3;2*1H3;. The maximum Gasteiger partial charge on any atom is 0.288 e. The second-order valence-corrected chi connectivity index (χ2v) is 5.57. The van der Waals surface area contributed by atoms with Crippen molar-refractivity contribution in [1.82, 2.24) is 0 Å². The smallest absolute Gasteiger partial charge is 0.146 e. The van der Waals surface area contributed by atoms with Crippen LogP contribution in [-0.4, -0.2) is 14.1 Å². The third-order valence-electron chi connectivity index (χ3n) is 1.08. The predicted octanol–water partition coefficient (Wildman–Crippen LogP) is 2.80. The van der Waals surface area contributed by atoms with Crippen LogP contribution in [0.5, 0.6) is 0 Å². The third kappa shape index (κ3) is 5.89. The van der Waals surface area contributed by atoms with Crippen LogP contribution in [0.25, 0.3) is 0 Å². The van der Waals surface area contributed by atoms with E-state index in [-0.39, 0.29) is 0 Å². The zero-order valence-corrected chi connectivity index (χ0v) is 7.80. The van der Waals surface area contributed by atoms with Gasteiger partial charge in [-0.3, -0.25) is 0 Å². The molecule has 0 aliphatic carbocycles. The molecule has 0 saturated carbocycles. The quantitative estimate of drug-likeness (QED) is 0.415. The number of hydrogen-bond donors (Lipinski definition) is 0. The van der Waals surface area contributed by atoms with Crippen molar-refractivity contribution in [3.63, 3.8) is 0 Å². The van der Waals surface area contributed by atoms with Gasteiger partial charge in [-0.25, -0.2) is 0 Å². The lowest BCUT2D eigenvalue weighted by Crippen LogP contribution is -1.94. The van der Waals surface area contributed by atoms with E-state index in [2.05, 4.69) is 30.0 Å². The van der Waals surface area contributed by atoms with Gasteiger partial charge in [0.1, 0.15) is 0 Å². The van der Waals surface area contributed by atoms with Crippen LogP contribution in [0.4, 0.5) is 0 Å². The Morgan fingerprint density at radius 2 is 2.11 bits per heavy atom. The van der Waals surface area contributed by atoms with E-state index >= 15 is 0 Å². The molecule has 0 aliphatic rings. The SMILES string of the molecule is C=CC/C(C)=[CH]/[Al]([CH3])[CH3]. The summed E-state index contributed by atoms with van der Waals surface area (Å²) in [6.07, 6.45) is 3.02. The minimum atomic E-state index is -0.470. The molecule has 0 atom stereocenters. The Balaban J connectivity index is 3.68. The van der Waals surface area contributed by atoms with Crippen molar-refractivity contribution < 1.29 is 0 Å². The number of hydrogen-bond acceptors (Lipinski definition) is 0. The Morgan fingerprint density at radius 3 is 2.44 bits per heavy atom. The highest BCUT2D eigenvalue weighted by Gasteiger charge is 1.95. The molecule has 0 unspecified atom stereocenters. The van der Waals surface area contributed by atoms with Crippen LogP contribution in [0.3, 0.4) is 0 Å². The van der Waals surface area contributed by atoms with E-state index in [1.807, 2.05) is 6.08 Å². The summed E-state index contributed by atoms with van der Waals surface area (Å²) in [5.41, 5.74) is 1.48. The van der Waals surface area contributed by atoms with Crippen LogP contribution in [0.2, 0.25) is 11.6 Å². The third-order valence-corrected chi connectivity index (χ3v) is 2.32. The van der Waals surface area contributed by atoms with Gasteiger partial charge in [0.05, 0.1) is 0 Å². The molecule has 0 fully saturated rings. The molecular weight excluding hydrogens is 123 g/mol. The molecule has 0 rings (SSSR count). The summed E-state index contributed by atoms with van der Waals surface area (Å²) in [5, 5.41) is 0. The van der Waals surface area contributed by atoms with Crippen molar-refractivity contribution in [3.05, 3.63) is 23.2 Å². The molecule has 50 valence electrons. The lowest BCUT2D eigenvalue weighted by Gasteiger charge is -1.94. The van der Waals surface area contributed by atoms with Gasteiger partial charge < -0.3 is 0 Å². The first-order valence-electron chi connectivity index (χ1n) is 3.45. The molecule has 0 bridgehead atoms. The van der Waals surface area contributed by atoms with E-state index in [1.54, 1.807) is 0 Å². The minimum absolute atomic E-state index is 0.470. The van der Waals surface area contributed by atoms with Crippen LogP contribution in [0, 0.1) is 0 Å². The van der Waals surface area contributed by atoms with Crippen LogP contribution < -0.4 is 0 Å². The van der Waals surface area contributed by atoms with E-state index in [0.29, 0.717) is 0 Å². The topological polar surface area (TPSA) is 0 Å². The molecule has 9 heavy (non-hydrogen) atoms. The highest BCUT2D eigenvalue weighted by atomic mass is 27.2. The molecule has 0 nitrogen and oxygen atoms in total. The van der Waals surface area contributed by atoms with Gasteiger partial charge in [-0.05, 0) is 13.3 Å². The average molecular weight is 138 g/mol. The summed E-state index contributed by atoms with van der Waals surface area (Å²) in [6, 6.07) is 0. The average Bonchev–Trinajstić information content (AvgIpc) is 1.63. The highest BCUT2D eigenvalue weighted by Crippen LogP contribution is 2.00. The summed E-state index contributed by atoms with van der Waals surface area (Å²) in [4.78, 5) is 2.40. The molecule has 0 saturated heterocycles. The summed E-state index contributed by atoms with van der Waals surface area (Å²) >= 11 is -0.470. The first-order chi connectivity index (χ1) is 4.16. The second kappa shape index (κ2) is 4.85. The molecular formula is C8H15Al. The van der Waals surface area contributed by atoms with Gasteiger partial charge in [0.15, 0.2) is 0 Å². The molecule has 0 aromatic heterocycles. The van der Waals surface area contributed by atoms with Crippen LogP contribution in [0.1, 0.15) is 13.3 Å². The van der Waals surface area contributed by atoms with Crippen LogP contribution in [0.15, 0.2) is 23.2 Å². The summed E-state index contributed by atoms with van der Waals surface area (Å²) in [7, 11) is 0. The zero-order chi connectivity index (χ0) is 7.28. The fourth-order valence-corrected chi connectivity index (χ4v) is 2.14. The van der Waals surface area contributed by atoms with Crippen molar-refractivity contribution in [1.29, 1.82) is 0 Å². The van der Waals surface area contributed by atoms with E-state index in [1.165, 1.54) is 5.57 Å². The lowest BCUT2D eigenvalue weighted by molar-refractivity contribution is 1.22. The predicted molar refractivity (Wildman–Crippen MR) is 46.1 cm³/mol. The maximum atomic E-state index is 3.68. The Kier molecular flexibility index (Phi) is 4.86. The normalized spacial score (nSPS) is 11.2. The molecule has 0 aromatic rings. The van der Waals surface area contributed by atoms with Crippen molar-refractivity contribution >= 4 is 14.1 Å². The van der Waals surface area contributed by atoms with Gasteiger partial charge in [-0.2, -0.15) is 0 Å². The van der Waals surface area contributed by atoms with Gasteiger partial charge in [0.25, 0.3) is 14.1 Å². The molecule has 0 amide bonds. The van der Waals surface area contributed by atoms with Crippen molar-refractivity contribution in [3.8, 4) is 0 Å². The minimum Gasteiger partial charge on any atom is -0.146 e. The van der Waals surface area contributed by atoms with Crippen LogP contribution >= 0.6 is 0 Å². The number of rotatable bonds is 3. The van der Waals surface area contributed by atoms with Crippen LogP contribution in [-0.2, 0) is 0 Å². The largest absolute Gasteiger partial charge is 0.288 e. The van der Waals surface area contributed by atoms with Crippen molar-refractivity contribution in [2.45, 2.75) is 24.9 Å². The fraction of sp³-hybridized carbons (Fsp3) is 0.500. The van der Waals surface area contributed by atoms with E-state index in [4.69, 9.17) is 0 Å². The van der Waals surface area contributed by atoms with Gasteiger partial charge in [-0.1, -0.05) is 11.6 Å². The first-order valence-corrected chi connectivity index (χ1v) is 6.42. The molecule has 0 aliphatic heterocycles. The first kappa shape index (κ1) is 9.01. The van der Waals surface area contributed by atoms with Gasteiger partial charge in [0, 0.05) is 0 Å². The van der Waals surface area contributed by atoms with Gasteiger partial charge in [-0.15, -0.1) is 23.1 Å². The maximum absolute atomic E-state index is 3.68. The summed E-state index contributed by atoms with van der Waals surface area (Å²) in [6.45, 7) is 5.86. The van der Waals surface area contributed by atoms with Crippen molar-refractivity contribution in [2.75, 3.05) is 0 Å². The molecule has 0 aromatic carbocycles. The Labute approximate surface area is 62.7 Å². The van der Waals surface area contributed by atoms with E-state index < -0.39 is 14.1 Å². The van der Waals surface area contributed by atoms with Gasteiger partial charge in [0.2, 0.25) is 0 Å². The Hall–Kier alpha value is 0.0125. The highest BCUT2D eigenvalue weighted by molar-refractivity contribution is 6.61. The molecule has 0 radical (unpaired) electrons. The Bertz CT molecular complexity index is 112. The van der Waals surface area contributed by atoms with E-state index in [0.717, 1.165) is 6.42 Å². The molecule has 0 N–H and O–H groups in total. The molecule has 0 spiro atoms. The summed E-state index contributed by atoms with van der Waals surface area (Å²) < 4.78 is 0. The molecule has 1 heteroatoms. The molecule has 0 heterocycles. The van der Waals surface area contributed by atoms with Crippen molar-refractivity contribution in [2.24, 2.45) is 0 Å². The Morgan fingerprint density at radius 1 is 1.56 bits per heavy atom. The van der Waals surface area contributed by atoms with E-state index in [9.17, 15) is 0 Å². The second-order valence-electron chi connectivity index (χ2n) is 2.75. The number of allylic oxidation sites excluding steroid dienone is 2.